The lowest BCUT2D eigenvalue weighted by atomic mass is 10.1. The number of nitrogens with zero attached hydrogens (tertiary/aromatic N) is 4. The molecule has 29 heavy (non-hydrogen) atoms. The molecule has 0 saturated heterocycles. The second-order valence-corrected chi connectivity index (χ2v) is 7.17. The highest BCUT2D eigenvalue weighted by Gasteiger charge is 2.16. The Balaban J connectivity index is 1.29. The van der Waals surface area contributed by atoms with Gasteiger partial charge in [-0.15, -0.1) is 0 Å². The van der Waals surface area contributed by atoms with E-state index in [1.54, 1.807) is 12.5 Å². The standard InChI is InChI=1S/C21H26N6O2/c1-14-10-18(26-21(25-14)27-9-8-22-12-27)16(3)24-7-6-23-15(2)17-4-5-19-20(11-17)29-13-28-19/h4-5,8-12,15-16,23-24H,6-7,13H2,1-3H3. The van der Waals surface area contributed by atoms with Crippen LogP contribution in [0.2, 0.25) is 0 Å². The number of aryl methyl sites for hydroxylation is 1. The topological polar surface area (TPSA) is 86.1 Å². The van der Waals surface area contributed by atoms with Crippen molar-refractivity contribution in [2.75, 3.05) is 19.9 Å². The van der Waals surface area contributed by atoms with Crippen LogP contribution in [0, 0.1) is 6.92 Å². The van der Waals surface area contributed by atoms with Crippen molar-refractivity contribution < 1.29 is 9.47 Å². The average molecular weight is 394 g/mol. The Morgan fingerprint density at radius 2 is 1.83 bits per heavy atom. The zero-order chi connectivity index (χ0) is 20.2. The van der Waals surface area contributed by atoms with Crippen LogP contribution in [0.4, 0.5) is 0 Å². The third-order valence-electron chi connectivity index (χ3n) is 4.96. The molecule has 1 aromatic carbocycles. The van der Waals surface area contributed by atoms with Crippen LogP contribution in [-0.4, -0.2) is 39.4 Å². The van der Waals surface area contributed by atoms with Crippen LogP contribution in [0.1, 0.15) is 42.9 Å². The molecule has 4 rings (SSSR count). The van der Waals surface area contributed by atoms with Crippen LogP contribution in [-0.2, 0) is 0 Å². The summed E-state index contributed by atoms with van der Waals surface area (Å²) in [4.78, 5) is 13.2. The molecule has 0 aliphatic carbocycles. The number of imidazole rings is 1. The van der Waals surface area contributed by atoms with Crippen molar-refractivity contribution in [1.29, 1.82) is 0 Å². The highest BCUT2D eigenvalue weighted by atomic mass is 16.7. The monoisotopic (exact) mass is 394 g/mol. The molecule has 2 unspecified atom stereocenters. The van der Waals surface area contributed by atoms with Gasteiger partial charge in [0.2, 0.25) is 12.7 Å². The van der Waals surface area contributed by atoms with Crippen molar-refractivity contribution in [1.82, 2.24) is 30.2 Å². The van der Waals surface area contributed by atoms with Crippen LogP contribution in [0.15, 0.2) is 43.0 Å². The number of ether oxygens (including phenoxy) is 2. The maximum Gasteiger partial charge on any atom is 0.235 e. The maximum absolute atomic E-state index is 5.46. The lowest BCUT2D eigenvalue weighted by Gasteiger charge is -2.18. The summed E-state index contributed by atoms with van der Waals surface area (Å²) in [6, 6.07) is 8.42. The minimum absolute atomic E-state index is 0.113. The van der Waals surface area contributed by atoms with Crippen molar-refractivity contribution in [3.05, 3.63) is 59.9 Å². The van der Waals surface area contributed by atoms with Gasteiger partial charge in [0.25, 0.3) is 0 Å². The van der Waals surface area contributed by atoms with Gasteiger partial charge in [0.05, 0.1) is 5.69 Å². The minimum atomic E-state index is 0.113. The SMILES string of the molecule is Cc1cc(C(C)NCCNC(C)c2ccc3c(c2)OCO3)nc(-n2ccnc2)n1. The van der Waals surface area contributed by atoms with E-state index in [2.05, 4.69) is 45.5 Å². The second kappa shape index (κ2) is 8.59. The number of hydrogen-bond donors (Lipinski definition) is 2. The van der Waals surface area contributed by atoms with Gasteiger partial charge in [-0.2, -0.15) is 0 Å². The van der Waals surface area contributed by atoms with Crippen LogP contribution in [0.25, 0.3) is 5.95 Å². The second-order valence-electron chi connectivity index (χ2n) is 7.17. The molecule has 2 atom stereocenters. The first-order valence-corrected chi connectivity index (χ1v) is 9.80. The van der Waals surface area contributed by atoms with Gasteiger partial charge in [0.1, 0.15) is 6.33 Å². The first-order valence-electron chi connectivity index (χ1n) is 9.80. The predicted molar refractivity (Wildman–Crippen MR) is 109 cm³/mol. The molecule has 3 heterocycles. The van der Waals surface area contributed by atoms with Gasteiger partial charge >= 0.3 is 0 Å². The zero-order valence-electron chi connectivity index (χ0n) is 16.9. The van der Waals surface area contributed by atoms with E-state index >= 15 is 0 Å². The molecule has 8 nitrogen and oxygen atoms in total. The molecule has 8 heteroatoms. The number of fused-ring (bicyclic) bond motifs is 1. The van der Waals surface area contributed by atoms with Crippen molar-refractivity contribution >= 4 is 0 Å². The molecule has 1 aliphatic heterocycles. The Bertz CT molecular complexity index is 960. The smallest absolute Gasteiger partial charge is 0.235 e. The molecule has 0 saturated carbocycles. The summed E-state index contributed by atoms with van der Waals surface area (Å²) >= 11 is 0. The van der Waals surface area contributed by atoms with E-state index in [1.807, 2.05) is 35.9 Å². The van der Waals surface area contributed by atoms with Crippen LogP contribution in [0.5, 0.6) is 11.5 Å². The fourth-order valence-electron chi connectivity index (χ4n) is 3.27. The number of benzene rings is 1. The number of nitrogens with one attached hydrogen (secondary N) is 2. The Kier molecular flexibility index (Phi) is 5.73. The fraction of sp³-hybridized carbons (Fsp3) is 0.381. The predicted octanol–water partition coefficient (Wildman–Crippen LogP) is 2.70. The van der Waals surface area contributed by atoms with Crippen molar-refractivity contribution in [3.8, 4) is 17.4 Å². The molecule has 1 aliphatic rings. The van der Waals surface area contributed by atoms with Gasteiger partial charge < -0.3 is 20.1 Å². The van der Waals surface area contributed by atoms with E-state index in [0.717, 1.165) is 36.0 Å². The normalized spacial score (nSPS) is 14.7. The molecule has 0 fully saturated rings. The van der Waals surface area contributed by atoms with Crippen LogP contribution < -0.4 is 20.1 Å². The molecule has 0 radical (unpaired) electrons. The quantitative estimate of drug-likeness (QED) is 0.568. The highest BCUT2D eigenvalue weighted by Crippen LogP contribution is 2.34. The molecular formula is C21H26N6O2. The molecule has 0 bridgehead atoms. The summed E-state index contributed by atoms with van der Waals surface area (Å²) in [5.74, 6) is 2.27. The van der Waals surface area contributed by atoms with E-state index in [-0.39, 0.29) is 12.1 Å². The Labute approximate surface area is 170 Å². The third kappa shape index (κ3) is 4.55. The molecule has 3 aromatic rings. The minimum Gasteiger partial charge on any atom is -0.454 e. The van der Waals surface area contributed by atoms with E-state index < -0.39 is 0 Å². The molecule has 152 valence electrons. The van der Waals surface area contributed by atoms with E-state index in [1.165, 1.54) is 5.56 Å². The third-order valence-corrected chi connectivity index (χ3v) is 4.96. The Hall–Kier alpha value is -2.97. The summed E-state index contributed by atoms with van der Waals surface area (Å²) in [6.45, 7) is 8.19. The van der Waals surface area contributed by atoms with Gasteiger partial charge in [0, 0.05) is 43.3 Å². The molecule has 2 aromatic heterocycles. The van der Waals surface area contributed by atoms with E-state index in [4.69, 9.17) is 9.47 Å². The Morgan fingerprint density at radius 1 is 1.03 bits per heavy atom. The average Bonchev–Trinajstić information content (AvgIpc) is 3.41. The summed E-state index contributed by atoms with van der Waals surface area (Å²) < 4.78 is 12.7. The van der Waals surface area contributed by atoms with E-state index in [0.29, 0.717) is 12.7 Å². The lowest BCUT2D eigenvalue weighted by Crippen LogP contribution is -2.31. The number of rotatable bonds is 8. The number of aromatic nitrogens is 4. The summed E-state index contributed by atoms with van der Waals surface area (Å²) in [5, 5.41) is 7.06. The fourth-order valence-corrected chi connectivity index (χ4v) is 3.27. The van der Waals surface area contributed by atoms with Gasteiger partial charge in [0.15, 0.2) is 11.5 Å². The van der Waals surface area contributed by atoms with E-state index in [9.17, 15) is 0 Å². The molecule has 0 amide bonds. The lowest BCUT2D eigenvalue weighted by molar-refractivity contribution is 0.174. The van der Waals surface area contributed by atoms with Crippen molar-refractivity contribution in [3.63, 3.8) is 0 Å². The van der Waals surface area contributed by atoms with Gasteiger partial charge in [-0.3, -0.25) is 4.57 Å². The largest absolute Gasteiger partial charge is 0.454 e. The summed E-state index contributed by atoms with van der Waals surface area (Å²) in [6.07, 6.45) is 5.27. The zero-order valence-corrected chi connectivity index (χ0v) is 16.9. The van der Waals surface area contributed by atoms with Gasteiger partial charge in [-0.05, 0) is 44.5 Å². The first-order chi connectivity index (χ1) is 14.1. The molecule has 0 spiro atoms. The van der Waals surface area contributed by atoms with Gasteiger partial charge in [-0.25, -0.2) is 15.0 Å². The first kappa shape index (κ1) is 19.4. The summed E-state index contributed by atoms with van der Waals surface area (Å²) in [5.41, 5.74) is 3.07. The van der Waals surface area contributed by atoms with Gasteiger partial charge in [-0.1, -0.05) is 6.07 Å². The Morgan fingerprint density at radius 3 is 2.62 bits per heavy atom. The van der Waals surface area contributed by atoms with Crippen LogP contribution >= 0.6 is 0 Å². The molecule has 2 N–H and O–H groups in total. The van der Waals surface area contributed by atoms with Crippen LogP contribution in [0.3, 0.4) is 0 Å². The van der Waals surface area contributed by atoms with Crippen molar-refractivity contribution in [2.24, 2.45) is 0 Å². The summed E-state index contributed by atoms with van der Waals surface area (Å²) in [7, 11) is 0. The maximum atomic E-state index is 5.46. The van der Waals surface area contributed by atoms with Crippen molar-refractivity contribution in [2.45, 2.75) is 32.9 Å². The number of hydrogen-bond acceptors (Lipinski definition) is 7. The molecular weight excluding hydrogens is 368 g/mol. The highest BCUT2D eigenvalue weighted by molar-refractivity contribution is 5.45.